The van der Waals surface area contributed by atoms with Gasteiger partial charge in [0.25, 0.3) is 6.43 Å². The van der Waals surface area contributed by atoms with Crippen LogP contribution in [0.1, 0.15) is 12.8 Å². The number of hydrogen-bond acceptors (Lipinski definition) is 3. The molecule has 1 unspecified atom stereocenters. The highest BCUT2D eigenvalue weighted by atomic mass is 19.3. The number of alkyl halides is 2. The summed E-state index contributed by atoms with van der Waals surface area (Å²) in [5.74, 6) is -0.318. The molecular formula is C13H16F3NO3. The summed E-state index contributed by atoms with van der Waals surface area (Å²) in [4.78, 5) is 11.3. The second-order valence-corrected chi connectivity index (χ2v) is 4.11. The minimum absolute atomic E-state index is 0.0944. The molecule has 20 heavy (non-hydrogen) atoms. The molecule has 0 aromatic heterocycles. The fourth-order valence-electron chi connectivity index (χ4n) is 1.35. The first kappa shape index (κ1) is 16.3. The van der Waals surface area contributed by atoms with Gasteiger partial charge in [-0.25, -0.2) is 13.2 Å². The van der Waals surface area contributed by atoms with Crippen LogP contribution in [0.3, 0.4) is 0 Å². The van der Waals surface area contributed by atoms with Crippen molar-refractivity contribution in [3.8, 4) is 5.75 Å². The lowest BCUT2D eigenvalue weighted by atomic mass is 10.3. The van der Waals surface area contributed by atoms with Gasteiger partial charge in [0.2, 0.25) is 5.91 Å². The number of halogens is 3. The maximum absolute atomic E-state index is 12.6. The van der Waals surface area contributed by atoms with E-state index in [2.05, 4.69) is 5.32 Å². The Morgan fingerprint density at radius 3 is 2.55 bits per heavy atom. The Morgan fingerprint density at radius 2 is 1.95 bits per heavy atom. The highest BCUT2D eigenvalue weighted by Crippen LogP contribution is 2.11. The van der Waals surface area contributed by atoms with Crippen molar-refractivity contribution in [3.05, 3.63) is 30.1 Å². The monoisotopic (exact) mass is 291 g/mol. The van der Waals surface area contributed by atoms with Crippen LogP contribution in [0.5, 0.6) is 5.75 Å². The summed E-state index contributed by atoms with van der Waals surface area (Å²) >= 11 is 0. The van der Waals surface area contributed by atoms with Crippen LogP contribution in [-0.4, -0.2) is 36.7 Å². The summed E-state index contributed by atoms with van der Waals surface area (Å²) in [5, 5.41) is 11.0. The topological polar surface area (TPSA) is 58.6 Å². The zero-order valence-electron chi connectivity index (χ0n) is 10.7. The van der Waals surface area contributed by atoms with E-state index in [0.717, 1.165) is 0 Å². The number of benzene rings is 1. The van der Waals surface area contributed by atoms with E-state index >= 15 is 0 Å². The Kier molecular flexibility index (Phi) is 6.86. The standard InChI is InChI=1S/C13H16F3NO3/c14-9-3-5-10(6-4-9)20-7-1-2-12(19)17-8-11(18)13(15)16/h3-6,11,13,18H,1-2,7-8H2,(H,17,19). The molecule has 0 spiro atoms. The zero-order chi connectivity index (χ0) is 15.0. The second kappa shape index (κ2) is 8.42. The molecule has 0 radical (unpaired) electrons. The lowest BCUT2D eigenvalue weighted by molar-refractivity contribution is -0.122. The van der Waals surface area contributed by atoms with E-state index in [9.17, 15) is 18.0 Å². The number of nitrogens with one attached hydrogen (secondary N) is 1. The number of aliphatic hydroxyl groups excluding tert-OH is 1. The fraction of sp³-hybridized carbons (Fsp3) is 0.462. The molecule has 0 aliphatic heterocycles. The van der Waals surface area contributed by atoms with E-state index in [1.54, 1.807) is 0 Å². The quantitative estimate of drug-likeness (QED) is 0.717. The average Bonchev–Trinajstić information content (AvgIpc) is 2.42. The van der Waals surface area contributed by atoms with Gasteiger partial charge in [-0.1, -0.05) is 0 Å². The first-order valence-electron chi connectivity index (χ1n) is 6.10. The van der Waals surface area contributed by atoms with E-state index in [-0.39, 0.29) is 18.8 Å². The van der Waals surface area contributed by atoms with Crippen molar-refractivity contribution in [2.45, 2.75) is 25.4 Å². The van der Waals surface area contributed by atoms with E-state index in [1.807, 2.05) is 0 Å². The van der Waals surface area contributed by atoms with Crippen molar-refractivity contribution in [2.75, 3.05) is 13.2 Å². The first-order chi connectivity index (χ1) is 9.49. The summed E-state index contributed by atoms with van der Waals surface area (Å²) in [6.07, 6.45) is -4.25. The van der Waals surface area contributed by atoms with E-state index < -0.39 is 25.0 Å². The molecule has 2 N–H and O–H groups in total. The maximum Gasteiger partial charge on any atom is 0.265 e. The third-order valence-electron chi connectivity index (χ3n) is 2.43. The van der Waals surface area contributed by atoms with Crippen LogP contribution in [0, 0.1) is 5.82 Å². The Bertz CT molecular complexity index is 412. The molecule has 0 aliphatic rings. The molecule has 1 rings (SSSR count). The highest BCUT2D eigenvalue weighted by molar-refractivity contribution is 5.75. The van der Waals surface area contributed by atoms with Gasteiger partial charge in [0.15, 0.2) is 0 Å². The van der Waals surface area contributed by atoms with Crippen LogP contribution in [0.2, 0.25) is 0 Å². The second-order valence-electron chi connectivity index (χ2n) is 4.11. The zero-order valence-corrected chi connectivity index (χ0v) is 10.7. The van der Waals surface area contributed by atoms with Crippen LogP contribution in [0.15, 0.2) is 24.3 Å². The van der Waals surface area contributed by atoms with Crippen molar-refractivity contribution < 1.29 is 27.8 Å². The lowest BCUT2D eigenvalue weighted by Gasteiger charge is -2.10. The van der Waals surface area contributed by atoms with Gasteiger partial charge in [-0.15, -0.1) is 0 Å². The van der Waals surface area contributed by atoms with Gasteiger partial charge in [-0.05, 0) is 30.7 Å². The third-order valence-corrected chi connectivity index (χ3v) is 2.43. The lowest BCUT2D eigenvalue weighted by Crippen LogP contribution is -2.35. The molecule has 0 saturated carbocycles. The van der Waals surface area contributed by atoms with E-state index in [0.29, 0.717) is 12.2 Å². The van der Waals surface area contributed by atoms with Crippen molar-refractivity contribution in [1.29, 1.82) is 0 Å². The summed E-state index contributed by atoms with van der Waals surface area (Å²) in [5.41, 5.74) is 0. The molecule has 0 aliphatic carbocycles. The molecule has 0 saturated heterocycles. The Morgan fingerprint density at radius 1 is 1.30 bits per heavy atom. The number of ether oxygens (including phenoxy) is 1. The normalized spacial score (nSPS) is 12.2. The van der Waals surface area contributed by atoms with Crippen LogP contribution in [0.4, 0.5) is 13.2 Å². The minimum Gasteiger partial charge on any atom is -0.494 e. The average molecular weight is 291 g/mol. The highest BCUT2D eigenvalue weighted by Gasteiger charge is 2.17. The van der Waals surface area contributed by atoms with Crippen molar-refractivity contribution in [2.24, 2.45) is 0 Å². The Balaban J connectivity index is 2.11. The predicted octanol–water partition coefficient (Wildman–Crippen LogP) is 1.73. The maximum atomic E-state index is 12.6. The van der Waals surface area contributed by atoms with Crippen molar-refractivity contribution in [1.82, 2.24) is 5.32 Å². The van der Waals surface area contributed by atoms with Gasteiger partial charge in [0, 0.05) is 13.0 Å². The van der Waals surface area contributed by atoms with Crippen LogP contribution < -0.4 is 10.1 Å². The number of rotatable bonds is 8. The number of hydrogen-bond donors (Lipinski definition) is 2. The summed E-state index contributed by atoms with van der Waals surface area (Å²) in [6.45, 7) is -0.230. The van der Waals surface area contributed by atoms with Crippen LogP contribution >= 0.6 is 0 Å². The SMILES string of the molecule is O=C(CCCOc1ccc(F)cc1)NCC(O)C(F)F. The van der Waals surface area contributed by atoms with E-state index in [4.69, 9.17) is 9.84 Å². The minimum atomic E-state index is -2.88. The van der Waals surface area contributed by atoms with Gasteiger partial charge in [0.05, 0.1) is 6.61 Å². The number of carbonyl (C=O) groups is 1. The molecule has 1 aromatic rings. The molecule has 7 heteroatoms. The van der Waals surface area contributed by atoms with Crippen LogP contribution in [-0.2, 0) is 4.79 Å². The molecule has 1 aromatic carbocycles. The number of carbonyl (C=O) groups excluding carboxylic acids is 1. The summed E-state index contributed by atoms with van der Waals surface area (Å²) in [6, 6.07) is 5.45. The largest absolute Gasteiger partial charge is 0.494 e. The van der Waals surface area contributed by atoms with Crippen molar-refractivity contribution in [3.63, 3.8) is 0 Å². The number of amides is 1. The molecule has 1 amide bonds. The number of aliphatic hydroxyl groups is 1. The van der Waals surface area contributed by atoms with E-state index in [1.165, 1.54) is 24.3 Å². The molecule has 0 bridgehead atoms. The Labute approximate surface area is 114 Å². The molecule has 0 fully saturated rings. The molecule has 112 valence electrons. The molecule has 0 heterocycles. The van der Waals surface area contributed by atoms with Gasteiger partial charge >= 0.3 is 0 Å². The van der Waals surface area contributed by atoms with Crippen LogP contribution in [0.25, 0.3) is 0 Å². The van der Waals surface area contributed by atoms with Gasteiger partial charge in [-0.2, -0.15) is 0 Å². The van der Waals surface area contributed by atoms with Gasteiger partial charge in [-0.3, -0.25) is 4.79 Å². The predicted molar refractivity (Wildman–Crippen MR) is 66.1 cm³/mol. The molecule has 4 nitrogen and oxygen atoms in total. The third kappa shape index (κ3) is 6.42. The smallest absolute Gasteiger partial charge is 0.265 e. The first-order valence-corrected chi connectivity index (χ1v) is 6.10. The van der Waals surface area contributed by atoms with Crippen molar-refractivity contribution >= 4 is 5.91 Å². The molecule has 1 atom stereocenters. The van der Waals surface area contributed by atoms with Gasteiger partial charge in [0.1, 0.15) is 17.7 Å². The summed E-state index contributed by atoms with van der Waals surface area (Å²) < 4.78 is 41.8. The Hall–Kier alpha value is -1.76. The summed E-state index contributed by atoms with van der Waals surface area (Å²) in [7, 11) is 0. The van der Waals surface area contributed by atoms with Gasteiger partial charge < -0.3 is 15.2 Å². The fourth-order valence-corrected chi connectivity index (χ4v) is 1.35. The molecular weight excluding hydrogens is 275 g/mol.